The molecule has 1 aliphatic rings. The molecule has 0 aromatic carbocycles. The average molecular weight is 170 g/mol. The number of aliphatic hydroxyl groups excluding tert-OH is 1. The molecule has 2 heteroatoms. The normalized spacial score (nSPS) is 20.7. The number of carbonyl (C=O) groups is 1. The van der Waals surface area contributed by atoms with E-state index in [1.54, 1.807) is 0 Å². The highest BCUT2D eigenvalue weighted by molar-refractivity contribution is 5.84. The number of hydrogen-bond acceptors (Lipinski definition) is 2. The Balaban J connectivity index is 2.47. The van der Waals surface area contributed by atoms with Crippen molar-refractivity contribution >= 4 is 5.78 Å². The number of ketones is 1. The van der Waals surface area contributed by atoms with Gasteiger partial charge >= 0.3 is 0 Å². The van der Waals surface area contributed by atoms with Crippen molar-refractivity contribution in [3.05, 3.63) is 0 Å². The van der Waals surface area contributed by atoms with E-state index >= 15 is 0 Å². The fourth-order valence-electron chi connectivity index (χ4n) is 1.17. The van der Waals surface area contributed by atoms with Crippen molar-refractivity contribution in [2.75, 3.05) is 6.61 Å². The summed E-state index contributed by atoms with van der Waals surface area (Å²) < 4.78 is 0. The molecule has 0 heterocycles. The van der Waals surface area contributed by atoms with Crippen LogP contribution in [0.25, 0.3) is 0 Å². The first-order chi connectivity index (χ1) is 5.40. The fraction of sp³-hybridized carbons (Fsp3) is 0.900. The molecule has 0 saturated heterocycles. The summed E-state index contributed by atoms with van der Waals surface area (Å²) in [5.74, 6) is 0.272. The topological polar surface area (TPSA) is 37.3 Å². The second-order valence-electron chi connectivity index (χ2n) is 5.01. The largest absolute Gasteiger partial charge is 0.396 e. The maximum absolute atomic E-state index is 11.6. The van der Waals surface area contributed by atoms with Crippen LogP contribution in [0.2, 0.25) is 0 Å². The van der Waals surface area contributed by atoms with E-state index < -0.39 is 0 Å². The second kappa shape index (κ2) is 2.84. The molecule has 1 aliphatic carbocycles. The van der Waals surface area contributed by atoms with Crippen molar-refractivity contribution < 1.29 is 9.90 Å². The van der Waals surface area contributed by atoms with Crippen molar-refractivity contribution in [3.8, 4) is 0 Å². The molecular weight excluding hydrogens is 152 g/mol. The predicted octanol–water partition coefficient (Wildman–Crippen LogP) is 1.76. The van der Waals surface area contributed by atoms with E-state index in [2.05, 4.69) is 0 Å². The molecule has 0 unspecified atom stereocenters. The molecule has 0 aromatic rings. The molecule has 1 fully saturated rings. The minimum absolute atomic E-state index is 0.0234. The number of hydrogen-bond donors (Lipinski definition) is 1. The van der Waals surface area contributed by atoms with Crippen molar-refractivity contribution in [1.29, 1.82) is 0 Å². The van der Waals surface area contributed by atoms with Crippen LogP contribution in [-0.4, -0.2) is 17.5 Å². The molecule has 1 saturated carbocycles. The Bertz CT molecular complexity index is 185. The standard InChI is InChI=1S/C10H18O2/c1-9(2,3)8(12)6-10(7-11)4-5-10/h11H,4-7H2,1-3H3. The molecule has 0 atom stereocenters. The minimum atomic E-state index is -0.245. The molecule has 0 bridgehead atoms. The van der Waals surface area contributed by atoms with E-state index in [4.69, 9.17) is 5.11 Å². The minimum Gasteiger partial charge on any atom is -0.396 e. The van der Waals surface area contributed by atoms with Crippen LogP contribution in [0.15, 0.2) is 0 Å². The first kappa shape index (κ1) is 9.72. The smallest absolute Gasteiger partial charge is 0.138 e. The number of Topliss-reactive ketones (excluding diaryl/α,β-unsaturated/α-hetero) is 1. The SMILES string of the molecule is CC(C)(C)C(=O)CC1(CO)CC1. The number of aliphatic hydroxyl groups is 1. The molecule has 0 radical (unpaired) electrons. The van der Waals surface area contributed by atoms with Crippen molar-refractivity contribution in [2.45, 2.75) is 40.0 Å². The van der Waals surface area contributed by atoms with Crippen LogP contribution in [0.3, 0.4) is 0 Å². The van der Waals surface area contributed by atoms with Crippen LogP contribution < -0.4 is 0 Å². The highest BCUT2D eigenvalue weighted by Crippen LogP contribution is 2.49. The Morgan fingerprint density at radius 1 is 1.42 bits per heavy atom. The lowest BCUT2D eigenvalue weighted by molar-refractivity contribution is -0.127. The average Bonchev–Trinajstić information content (AvgIpc) is 2.67. The highest BCUT2D eigenvalue weighted by Gasteiger charge is 2.45. The van der Waals surface area contributed by atoms with Crippen LogP contribution in [0.4, 0.5) is 0 Å². The summed E-state index contributed by atoms with van der Waals surface area (Å²) in [5.41, 5.74) is -0.269. The predicted molar refractivity (Wildman–Crippen MR) is 47.8 cm³/mol. The zero-order chi connectivity index (χ0) is 9.41. The van der Waals surface area contributed by atoms with Gasteiger partial charge in [0.05, 0.1) is 0 Å². The van der Waals surface area contributed by atoms with Gasteiger partial charge in [-0.2, -0.15) is 0 Å². The van der Waals surface area contributed by atoms with Crippen molar-refractivity contribution in [2.24, 2.45) is 10.8 Å². The Kier molecular flexibility index (Phi) is 2.30. The van der Waals surface area contributed by atoms with Crippen LogP contribution in [0.5, 0.6) is 0 Å². The van der Waals surface area contributed by atoms with E-state index in [1.807, 2.05) is 20.8 Å². The summed E-state index contributed by atoms with van der Waals surface area (Å²) in [6.45, 7) is 5.98. The van der Waals surface area contributed by atoms with Crippen LogP contribution >= 0.6 is 0 Å². The molecule has 0 amide bonds. The molecule has 70 valence electrons. The van der Waals surface area contributed by atoms with Gasteiger partial charge < -0.3 is 5.11 Å². The third-order valence-corrected chi connectivity index (χ3v) is 2.66. The van der Waals surface area contributed by atoms with Gasteiger partial charge in [0.1, 0.15) is 5.78 Å². The van der Waals surface area contributed by atoms with Crippen LogP contribution in [0, 0.1) is 10.8 Å². The molecule has 1 N–H and O–H groups in total. The summed E-state index contributed by atoms with van der Waals surface area (Å²) in [4.78, 5) is 11.6. The van der Waals surface area contributed by atoms with Crippen LogP contribution in [-0.2, 0) is 4.79 Å². The monoisotopic (exact) mass is 170 g/mol. The summed E-state index contributed by atoms with van der Waals surface area (Å²) in [6.07, 6.45) is 2.60. The van der Waals surface area contributed by atoms with Gasteiger partial charge in [-0.25, -0.2) is 0 Å². The van der Waals surface area contributed by atoms with E-state index in [0.717, 1.165) is 12.8 Å². The van der Waals surface area contributed by atoms with Crippen LogP contribution in [0.1, 0.15) is 40.0 Å². The first-order valence-electron chi connectivity index (χ1n) is 4.54. The maximum atomic E-state index is 11.6. The Labute approximate surface area is 74.0 Å². The van der Waals surface area contributed by atoms with Gasteiger partial charge in [0.25, 0.3) is 0 Å². The van der Waals surface area contributed by atoms with E-state index in [9.17, 15) is 4.79 Å². The van der Waals surface area contributed by atoms with Gasteiger partial charge in [0.2, 0.25) is 0 Å². The van der Waals surface area contributed by atoms with Gasteiger partial charge in [0, 0.05) is 23.9 Å². The second-order valence-corrected chi connectivity index (χ2v) is 5.01. The van der Waals surface area contributed by atoms with Gasteiger partial charge in [-0.05, 0) is 12.8 Å². The van der Waals surface area contributed by atoms with Crippen molar-refractivity contribution in [1.82, 2.24) is 0 Å². The van der Waals surface area contributed by atoms with Gasteiger partial charge in [-0.15, -0.1) is 0 Å². The lowest BCUT2D eigenvalue weighted by Crippen LogP contribution is -2.24. The molecule has 0 aromatic heterocycles. The third-order valence-electron chi connectivity index (χ3n) is 2.66. The third kappa shape index (κ3) is 2.07. The molecule has 12 heavy (non-hydrogen) atoms. The molecule has 0 spiro atoms. The number of carbonyl (C=O) groups excluding carboxylic acids is 1. The molecular formula is C10H18O2. The lowest BCUT2D eigenvalue weighted by Gasteiger charge is -2.20. The molecule has 2 nitrogen and oxygen atoms in total. The molecule has 1 rings (SSSR count). The Hall–Kier alpha value is -0.370. The zero-order valence-electron chi connectivity index (χ0n) is 8.18. The zero-order valence-corrected chi connectivity index (χ0v) is 8.18. The quantitative estimate of drug-likeness (QED) is 0.700. The fourth-order valence-corrected chi connectivity index (χ4v) is 1.17. The first-order valence-corrected chi connectivity index (χ1v) is 4.54. The summed E-state index contributed by atoms with van der Waals surface area (Å²) in [5, 5.41) is 9.02. The lowest BCUT2D eigenvalue weighted by atomic mass is 9.84. The van der Waals surface area contributed by atoms with Gasteiger partial charge in [-0.1, -0.05) is 20.8 Å². The molecule has 0 aliphatic heterocycles. The van der Waals surface area contributed by atoms with E-state index in [1.165, 1.54) is 0 Å². The summed E-state index contributed by atoms with van der Waals surface area (Å²) in [7, 11) is 0. The highest BCUT2D eigenvalue weighted by atomic mass is 16.3. The Morgan fingerprint density at radius 2 is 1.92 bits per heavy atom. The van der Waals surface area contributed by atoms with Gasteiger partial charge in [-0.3, -0.25) is 4.79 Å². The summed E-state index contributed by atoms with van der Waals surface area (Å²) in [6, 6.07) is 0. The van der Waals surface area contributed by atoms with Gasteiger partial charge in [0.15, 0.2) is 0 Å². The summed E-state index contributed by atoms with van der Waals surface area (Å²) >= 11 is 0. The Morgan fingerprint density at radius 3 is 2.17 bits per heavy atom. The number of rotatable bonds is 3. The maximum Gasteiger partial charge on any atom is 0.138 e. The van der Waals surface area contributed by atoms with E-state index in [-0.39, 0.29) is 23.2 Å². The van der Waals surface area contributed by atoms with Crippen molar-refractivity contribution in [3.63, 3.8) is 0 Å². The van der Waals surface area contributed by atoms with E-state index in [0.29, 0.717) is 6.42 Å².